The first kappa shape index (κ1) is 36.1. The van der Waals surface area contributed by atoms with Crippen molar-refractivity contribution in [3.05, 3.63) is 86.4 Å². The zero-order valence-corrected chi connectivity index (χ0v) is 28.0. The summed E-state index contributed by atoms with van der Waals surface area (Å²) >= 11 is 6.05. The number of anilines is 1. The van der Waals surface area contributed by atoms with Gasteiger partial charge in [0.1, 0.15) is 19.0 Å². The number of fused-ring (bicyclic) bond motifs is 1. The van der Waals surface area contributed by atoms with Gasteiger partial charge in [0.05, 0.1) is 47.9 Å². The lowest BCUT2D eigenvalue weighted by atomic mass is 9.87. The van der Waals surface area contributed by atoms with Crippen molar-refractivity contribution in [3.8, 4) is 23.0 Å². The Balaban J connectivity index is 1.40. The van der Waals surface area contributed by atoms with E-state index in [0.717, 1.165) is 32.4 Å². The van der Waals surface area contributed by atoms with E-state index in [1.165, 1.54) is 32.4 Å². The number of benzene rings is 1. The number of rotatable bonds is 8. The summed E-state index contributed by atoms with van der Waals surface area (Å²) < 4.78 is 62.9. The number of nitrogens with zero attached hydrogens (tertiary/aromatic N) is 8. The second-order valence-corrected chi connectivity index (χ2v) is 12.1. The molecular formula is C32H28ClF4N9O6. The van der Waals surface area contributed by atoms with Crippen LogP contribution in [0.5, 0.6) is 11.6 Å². The summed E-state index contributed by atoms with van der Waals surface area (Å²) in [6, 6.07) is 5.36. The molecule has 6 rings (SSSR count). The largest absolute Gasteiger partial charge is 0.504 e. The molecule has 20 heteroatoms. The van der Waals surface area contributed by atoms with Gasteiger partial charge in [-0.3, -0.25) is 14.4 Å². The lowest BCUT2D eigenvalue weighted by molar-refractivity contribution is -0.137. The number of amides is 2. The second kappa shape index (κ2) is 14.1. The minimum Gasteiger partial charge on any atom is -0.504 e. The normalized spacial score (nSPS) is 16.3. The monoisotopic (exact) mass is 745 g/mol. The van der Waals surface area contributed by atoms with Crippen LogP contribution in [0.3, 0.4) is 0 Å². The Hall–Kier alpha value is -5.69. The fraction of sp³-hybridized carbons (Fsp3) is 0.312. The highest BCUT2D eigenvalue weighted by Gasteiger charge is 2.38. The lowest BCUT2D eigenvalue weighted by Gasteiger charge is -2.35. The number of aliphatic hydroxyl groups is 1. The molecule has 5 heterocycles. The predicted octanol–water partition coefficient (Wildman–Crippen LogP) is 3.54. The second-order valence-electron chi connectivity index (χ2n) is 11.7. The van der Waals surface area contributed by atoms with E-state index in [4.69, 9.17) is 16.3 Å². The molecule has 1 fully saturated rings. The maximum atomic E-state index is 16.2. The summed E-state index contributed by atoms with van der Waals surface area (Å²) in [5, 5.41) is 27.3. The summed E-state index contributed by atoms with van der Waals surface area (Å²) in [4.78, 5) is 58.0. The highest BCUT2D eigenvalue weighted by atomic mass is 35.5. The van der Waals surface area contributed by atoms with Gasteiger partial charge >= 0.3 is 6.18 Å². The van der Waals surface area contributed by atoms with Gasteiger partial charge in [0, 0.05) is 35.9 Å². The van der Waals surface area contributed by atoms with E-state index in [9.17, 15) is 37.8 Å². The number of likely N-dealkylation sites (tertiary alicyclic amines) is 1. The van der Waals surface area contributed by atoms with Crippen molar-refractivity contribution in [3.63, 3.8) is 0 Å². The Morgan fingerprint density at radius 3 is 2.60 bits per heavy atom. The number of hydrogen-bond acceptors (Lipinski definition) is 11. The molecule has 2 amide bonds. The number of aromatic nitrogens is 7. The fourth-order valence-electron chi connectivity index (χ4n) is 5.92. The summed E-state index contributed by atoms with van der Waals surface area (Å²) in [6.07, 6.45) is -4.19. The van der Waals surface area contributed by atoms with Crippen molar-refractivity contribution >= 4 is 34.9 Å². The number of halogens is 5. The van der Waals surface area contributed by atoms with Crippen molar-refractivity contribution in [1.29, 1.82) is 0 Å². The molecule has 272 valence electrons. The SMILES string of the molecule is COc1cc(-c2nc3n(CC(=O)Nc4ccc(C(F)(F)F)cc4Cl)c(CO)c(C4CCN(C(=O)c5ncnc(C)c5O)CC4F)c(=O)n3n2)ccn1. The molecule has 1 aliphatic rings. The molecule has 15 nitrogen and oxygen atoms in total. The number of methoxy groups -OCH3 is 1. The Labute approximate surface area is 295 Å². The molecule has 0 radical (unpaired) electrons. The Bertz CT molecular complexity index is 2260. The number of ether oxygens (including phenoxy) is 1. The molecule has 2 atom stereocenters. The molecule has 0 aliphatic carbocycles. The maximum Gasteiger partial charge on any atom is 0.416 e. The molecule has 1 aromatic carbocycles. The highest BCUT2D eigenvalue weighted by molar-refractivity contribution is 6.33. The standard InChI is InChI=1S/C32H28ClF4N9O6/c1-15-27(49)26(40-14-39-15)30(51)44-8-6-18(20(34)11-44)25-22(13-47)45(12-23(48)41-21-4-3-17(10-19(21)33)32(35,36)37)31-42-28(43-46(31)29(25)50)16-5-7-38-24(9-16)52-2/h3-5,7,9-10,14,18,20,47,49H,6,8,11-13H2,1-2H3,(H,41,48). The molecule has 52 heavy (non-hydrogen) atoms. The van der Waals surface area contributed by atoms with Crippen molar-refractivity contribution in [2.24, 2.45) is 0 Å². The molecule has 1 aliphatic heterocycles. The van der Waals surface area contributed by atoms with E-state index in [0.29, 0.717) is 11.6 Å². The topological polar surface area (TPSA) is 190 Å². The van der Waals surface area contributed by atoms with Crippen LogP contribution in [0.1, 0.15) is 45.3 Å². The molecule has 0 saturated carbocycles. The van der Waals surface area contributed by atoms with Crippen LogP contribution in [-0.4, -0.2) is 87.4 Å². The Kier molecular flexibility index (Phi) is 9.82. The zero-order chi connectivity index (χ0) is 37.5. The number of alkyl halides is 4. The molecule has 3 N–H and O–H groups in total. The Morgan fingerprint density at radius 2 is 1.92 bits per heavy atom. The summed E-state index contributed by atoms with van der Waals surface area (Å²) in [6.45, 7) is -0.681. The van der Waals surface area contributed by atoms with Crippen LogP contribution in [0.25, 0.3) is 17.2 Å². The third kappa shape index (κ3) is 6.83. The number of aryl methyl sites for hydroxylation is 1. The third-order valence-corrected chi connectivity index (χ3v) is 8.84. The predicted molar refractivity (Wildman–Crippen MR) is 175 cm³/mol. The third-order valence-electron chi connectivity index (χ3n) is 8.52. The van der Waals surface area contributed by atoms with E-state index < -0.39 is 71.7 Å². The number of nitrogens with one attached hydrogen (secondary N) is 1. The number of aliphatic hydroxyl groups excluding tert-OH is 1. The van der Waals surface area contributed by atoms with Crippen molar-refractivity contribution in [2.45, 2.75) is 44.8 Å². The number of carbonyl (C=O) groups excluding carboxylic acids is 2. The zero-order valence-electron chi connectivity index (χ0n) is 27.2. The molecular weight excluding hydrogens is 718 g/mol. The van der Waals surface area contributed by atoms with Gasteiger partial charge < -0.3 is 29.7 Å². The first-order chi connectivity index (χ1) is 24.7. The number of carbonyl (C=O) groups is 2. The smallest absolute Gasteiger partial charge is 0.416 e. The average Bonchev–Trinajstić information content (AvgIpc) is 3.57. The number of piperidine rings is 1. The fourth-order valence-corrected chi connectivity index (χ4v) is 6.15. The van der Waals surface area contributed by atoms with Crippen LogP contribution in [0, 0.1) is 6.92 Å². The maximum absolute atomic E-state index is 16.2. The lowest BCUT2D eigenvalue weighted by Crippen LogP contribution is -2.46. The molecule has 0 spiro atoms. The van der Waals surface area contributed by atoms with Crippen molar-refractivity contribution in [2.75, 3.05) is 25.5 Å². The number of aromatic hydroxyl groups is 1. The minimum atomic E-state index is -4.68. The van der Waals surface area contributed by atoms with Gasteiger partial charge in [-0.05, 0) is 37.6 Å². The summed E-state index contributed by atoms with van der Waals surface area (Å²) in [7, 11) is 1.39. The highest BCUT2D eigenvalue weighted by Crippen LogP contribution is 2.35. The first-order valence-electron chi connectivity index (χ1n) is 15.5. The van der Waals surface area contributed by atoms with E-state index in [1.807, 2.05) is 0 Å². The summed E-state index contributed by atoms with van der Waals surface area (Å²) in [5.41, 5.74) is -2.28. The van der Waals surface area contributed by atoms with E-state index in [-0.39, 0.29) is 58.8 Å². The summed E-state index contributed by atoms with van der Waals surface area (Å²) in [5.74, 6) is -3.32. The van der Waals surface area contributed by atoms with Crippen LogP contribution in [0.15, 0.2) is 47.7 Å². The van der Waals surface area contributed by atoms with Gasteiger partial charge in [-0.25, -0.2) is 19.3 Å². The molecule has 2 unspecified atom stereocenters. The van der Waals surface area contributed by atoms with Gasteiger partial charge in [-0.2, -0.15) is 22.7 Å². The average molecular weight is 746 g/mol. The van der Waals surface area contributed by atoms with Crippen LogP contribution in [0.4, 0.5) is 23.2 Å². The van der Waals surface area contributed by atoms with E-state index in [2.05, 4.69) is 30.4 Å². The van der Waals surface area contributed by atoms with E-state index in [1.54, 1.807) is 0 Å². The molecule has 4 aromatic heterocycles. The van der Waals surface area contributed by atoms with Crippen molar-refractivity contribution in [1.82, 2.24) is 39.0 Å². The van der Waals surface area contributed by atoms with Crippen LogP contribution < -0.4 is 15.6 Å². The van der Waals surface area contributed by atoms with Gasteiger partial charge in [-0.15, -0.1) is 5.10 Å². The molecule has 0 bridgehead atoms. The quantitative estimate of drug-likeness (QED) is 0.197. The number of hydrogen-bond donors (Lipinski definition) is 3. The van der Waals surface area contributed by atoms with Crippen molar-refractivity contribution < 1.29 is 42.1 Å². The van der Waals surface area contributed by atoms with Gasteiger partial charge in [-0.1, -0.05) is 11.6 Å². The van der Waals surface area contributed by atoms with Crippen LogP contribution in [0.2, 0.25) is 5.02 Å². The van der Waals surface area contributed by atoms with Gasteiger partial charge in [0.15, 0.2) is 17.3 Å². The van der Waals surface area contributed by atoms with Gasteiger partial charge in [0.25, 0.3) is 11.5 Å². The molecule has 5 aromatic rings. The first-order valence-corrected chi connectivity index (χ1v) is 15.8. The van der Waals surface area contributed by atoms with Crippen LogP contribution in [-0.2, 0) is 24.1 Å². The number of pyridine rings is 1. The Morgan fingerprint density at radius 1 is 1.15 bits per heavy atom. The van der Waals surface area contributed by atoms with E-state index >= 15 is 4.39 Å². The minimum absolute atomic E-state index is 0.0176. The molecule has 1 saturated heterocycles. The van der Waals surface area contributed by atoms with Crippen LogP contribution >= 0.6 is 11.6 Å². The van der Waals surface area contributed by atoms with Gasteiger partial charge in [0.2, 0.25) is 17.6 Å².